The van der Waals surface area contributed by atoms with Gasteiger partial charge in [-0.3, -0.25) is 14.5 Å². The molecule has 0 aliphatic carbocycles. The Morgan fingerprint density at radius 3 is 2.77 bits per heavy atom. The Labute approximate surface area is 129 Å². The molecule has 0 radical (unpaired) electrons. The first-order valence-electron chi connectivity index (χ1n) is 7.50. The molecule has 2 heterocycles. The van der Waals surface area contributed by atoms with Crippen molar-refractivity contribution in [2.75, 3.05) is 26.2 Å². The molecule has 2 aliphatic rings. The Morgan fingerprint density at radius 1 is 1.45 bits per heavy atom. The van der Waals surface area contributed by atoms with Gasteiger partial charge in [-0.2, -0.15) is 0 Å². The first-order valence-corrected chi connectivity index (χ1v) is 7.50. The van der Waals surface area contributed by atoms with E-state index in [0.29, 0.717) is 26.2 Å². The standard InChI is InChI=1S/C16H20N2O4/c1-2-22-12-5-3-11(4-6-12)7-18-8-13-14(19)17-9-16(13,10-18)15(20)21/h3-6,13H,2,7-10H2,1H3,(H,17,19)(H,20,21)/t13-,16+/m1/s1. The summed E-state index contributed by atoms with van der Waals surface area (Å²) in [6.45, 7) is 4.33. The lowest BCUT2D eigenvalue weighted by Gasteiger charge is -2.22. The topological polar surface area (TPSA) is 78.9 Å². The number of ether oxygens (including phenoxy) is 1. The molecule has 118 valence electrons. The van der Waals surface area contributed by atoms with Crippen LogP contribution in [0.5, 0.6) is 5.75 Å². The number of amides is 1. The summed E-state index contributed by atoms with van der Waals surface area (Å²) in [5.74, 6) is -0.653. The molecule has 6 heteroatoms. The Kier molecular flexibility index (Phi) is 3.78. The Hall–Kier alpha value is -2.08. The van der Waals surface area contributed by atoms with Gasteiger partial charge >= 0.3 is 5.97 Å². The third kappa shape index (κ3) is 2.43. The number of fused-ring (bicyclic) bond motifs is 1. The maximum absolute atomic E-state index is 11.9. The summed E-state index contributed by atoms with van der Waals surface area (Å²) < 4.78 is 5.41. The van der Waals surface area contributed by atoms with Gasteiger partial charge in [0, 0.05) is 26.2 Å². The number of carboxylic acid groups (broad SMARTS) is 1. The zero-order valence-electron chi connectivity index (χ0n) is 12.5. The average Bonchev–Trinajstić information content (AvgIpc) is 3.00. The van der Waals surface area contributed by atoms with E-state index in [2.05, 4.69) is 5.32 Å². The lowest BCUT2D eigenvalue weighted by Crippen LogP contribution is -2.40. The summed E-state index contributed by atoms with van der Waals surface area (Å²) in [7, 11) is 0. The van der Waals surface area contributed by atoms with E-state index in [-0.39, 0.29) is 12.5 Å². The predicted molar refractivity (Wildman–Crippen MR) is 79.5 cm³/mol. The summed E-state index contributed by atoms with van der Waals surface area (Å²) in [6.07, 6.45) is 0. The minimum absolute atomic E-state index is 0.142. The molecule has 2 saturated heterocycles. The molecular weight excluding hydrogens is 284 g/mol. The molecule has 1 aromatic rings. The number of carboxylic acids is 1. The Bertz CT molecular complexity index is 586. The molecule has 0 saturated carbocycles. The van der Waals surface area contributed by atoms with E-state index >= 15 is 0 Å². The Morgan fingerprint density at radius 2 is 2.18 bits per heavy atom. The van der Waals surface area contributed by atoms with Gasteiger partial charge in [-0.1, -0.05) is 12.1 Å². The SMILES string of the molecule is CCOc1ccc(CN2C[C@@H]3C(=O)NC[C@]3(C(=O)O)C2)cc1. The van der Waals surface area contributed by atoms with Gasteiger partial charge in [0.2, 0.25) is 5.91 Å². The highest BCUT2D eigenvalue weighted by Gasteiger charge is 2.59. The second-order valence-corrected chi connectivity index (χ2v) is 5.98. The van der Waals surface area contributed by atoms with E-state index in [0.717, 1.165) is 11.3 Å². The third-order valence-corrected chi connectivity index (χ3v) is 4.57. The summed E-state index contributed by atoms with van der Waals surface area (Å²) >= 11 is 0. The molecule has 2 atom stereocenters. The van der Waals surface area contributed by atoms with Crippen molar-refractivity contribution in [3.63, 3.8) is 0 Å². The van der Waals surface area contributed by atoms with Crippen LogP contribution in [0.2, 0.25) is 0 Å². The number of nitrogens with zero attached hydrogens (tertiary/aromatic N) is 1. The zero-order chi connectivity index (χ0) is 15.7. The lowest BCUT2D eigenvalue weighted by molar-refractivity contribution is -0.149. The zero-order valence-corrected chi connectivity index (χ0v) is 12.5. The van der Waals surface area contributed by atoms with Crippen LogP contribution in [-0.2, 0) is 16.1 Å². The van der Waals surface area contributed by atoms with Crippen LogP contribution < -0.4 is 10.1 Å². The molecule has 6 nitrogen and oxygen atoms in total. The average molecular weight is 304 g/mol. The minimum Gasteiger partial charge on any atom is -0.494 e. The van der Waals surface area contributed by atoms with Crippen molar-refractivity contribution in [2.24, 2.45) is 11.3 Å². The van der Waals surface area contributed by atoms with E-state index < -0.39 is 17.3 Å². The van der Waals surface area contributed by atoms with Crippen molar-refractivity contribution >= 4 is 11.9 Å². The van der Waals surface area contributed by atoms with Crippen LogP contribution in [0.15, 0.2) is 24.3 Å². The van der Waals surface area contributed by atoms with Gasteiger partial charge < -0.3 is 15.2 Å². The van der Waals surface area contributed by atoms with Gasteiger partial charge in [0.05, 0.1) is 12.5 Å². The van der Waals surface area contributed by atoms with E-state index in [1.165, 1.54) is 0 Å². The fraction of sp³-hybridized carbons (Fsp3) is 0.500. The van der Waals surface area contributed by atoms with Crippen molar-refractivity contribution < 1.29 is 19.4 Å². The van der Waals surface area contributed by atoms with Gasteiger partial charge in [-0.25, -0.2) is 0 Å². The number of rotatable bonds is 5. The highest BCUT2D eigenvalue weighted by Crippen LogP contribution is 2.40. The molecule has 22 heavy (non-hydrogen) atoms. The van der Waals surface area contributed by atoms with Gasteiger partial charge in [0.15, 0.2) is 0 Å². The Balaban J connectivity index is 1.70. The minimum atomic E-state index is -0.970. The monoisotopic (exact) mass is 304 g/mol. The highest BCUT2D eigenvalue weighted by molar-refractivity contribution is 5.92. The van der Waals surface area contributed by atoms with Crippen LogP contribution in [0.4, 0.5) is 0 Å². The summed E-state index contributed by atoms with van der Waals surface area (Å²) in [5.41, 5.74) is 0.117. The highest BCUT2D eigenvalue weighted by atomic mass is 16.5. The van der Waals surface area contributed by atoms with Crippen LogP contribution in [0.25, 0.3) is 0 Å². The van der Waals surface area contributed by atoms with Crippen molar-refractivity contribution in [2.45, 2.75) is 13.5 Å². The molecule has 0 aromatic heterocycles. The first-order chi connectivity index (χ1) is 10.5. The van der Waals surface area contributed by atoms with Crippen LogP contribution in [0.3, 0.4) is 0 Å². The number of nitrogens with one attached hydrogen (secondary N) is 1. The summed E-state index contributed by atoms with van der Waals surface area (Å²) in [6, 6.07) is 7.78. The van der Waals surface area contributed by atoms with Crippen molar-refractivity contribution in [3.05, 3.63) is 29.8 Å². The smallest absolute Gasteiger partial charge is 0.313 e. The van der Waals surface area contributed by atoms with Crippen molar-refractivity contribution in [3.8, 4) is 5.75 Å². The normalized spacial score (nSPS) is 27.5. The van der Waals surface area contributed by atoms with E-state index in [9.17, 15) is 14.7 Å². The lowest BCUT2D eigenvalue weighted by atomic mass is 9.81. The molecule has 1 aromatic carbocycles. The van der Waals surface area contributed by atoms with Crippen molar-refractivity contribution in [1.29, 1.82) is 0 Å². The van der Waals surface area contributed by atoms with Gasteiger partial charge in [-0.05, 0) is 24.6 Å². The second kappa shape index (κ2) is 5.61. The number of hydrogen-bond donors (Lipinski definition) is 2. The molecule has 2 fully saturated rings. The summed E-state index contributed by atoms with van der Waals surface area (Å²) in [5, 5.41) is 12.2. The van der Waals surface area contributed by atoms with Gasteiger partial charge in [-0.15, -0.1) is 0 Å². The largest absolute Gasteiger partial charge is 0.494 e. The second-order valence-electron chi connectivity index (χ2n) is 5.98. The van der Waals surface area contributed by atoms with Crippen molar-refractivity contribution in [1.82, 2.24) is 10.2 Å². The van der Waals surface area contributed by atoms with Gasteiger partial charge in [0.1, 0.15) is 11.2 Å². The molecule has 2 aliphatic heterocycles. The fourth-order valence-corrected chi connectivity index (χ4v) is 3.42. The van der Waals surface area contributed by atoms with Crippen LogP contribution in [-0.4, -0.2) is 48.1 Å². The molecule has 2 N–H and O–H groups in total. The fourth-order valence-electron chi connectivity index (χ4n) is 3.42. The third-order valence-electron chi connectivity index (χ3n) is 4.57. The maximum Gasteiger partial charge on any atom is 0.313 e. The molecule has 0 spiro atoms. The number of carbonyl (C=O) groups is 2. The molecule has 1 amide bonds. The van der Waals surface area contributed by atoms with Crippen LogP contribution in [0.1, 0.15) is 12.5 Å². The predicted octanol–water partition coefficient (Wildman–Crippen LogP) is 0.718. The first kappa shape index (κ1) is 14.8. The van der Waals surface area contributed by atoms with E-state index in [1.54, 1.807) is 0 Å². The number of benzene rings is 1. The molecular formula is C16H20N2O4. The van der Waals surface area contributed by atoms with E-state index in [4.69, 9.17) is 4.74 Å². The van der Waals surface area contributed by atoms with Gasteiger partial charge in [0.25, 0.3) is 0 Å². The number of hydrogen-bond acceptors (Lipinski definition) is 4. The number of carbonyl (C=O) groups excluding carboxylic acids is 1. The quantitative estimate of drug-likeness (QED) is 0.838. The summed E-state index contributed by atoms with van der Waals surface area (Å²) in [4.78, 5) is 25.5. The van der Waals surface area contributed by atoms with Crippen LogP contribution >= 0.6 is 0 Å². The number of likely N-dealkylation sites (tertiary alicyclic amines) is 1. The molecule has 0 bridgehead atoms. The van der Waals surface area contributed by atoms with Crippen LogP contribution in [0, 0.1) is 11.3 Å². The number of aliphatic carboxylic acids is 1. The maximum atomic E-state index is 11.9. The van der Waals surface area contributed by atoms with E-state index in [1.807, 2.05) is 36.1 Å². The molecule has 3 rings (SSSR count). The molecule has 0 unspecified atom stereocenters.